The highest BCUT2D eigenvalue weighted by Crippen LogP contribution is 2.24. The lowest BCUT2D eigenvalue weighted by atomic mass is 10.0. The van der Waals surface area contributed by atoms with Crippen molar-refractivity contribution in [1.29, 1.82) is 0 Å². The maximum Gasteiger partial charge on any atom is 0.256 e. The molecule has 1 amide bonds. The number of hydrogen-bond acceptors (Lipinski definition) is 3. The van der Waals surface area contributed by atoms with E-state index in [1.807, 2.05) is 12.1 Å². The van der Waals surface area contributed by atoms with Crippen LogP contribution in [-0.2, 0) is 0 Å². The normalized spacial score (nSPS) is 19.3. The van der Waals surface area contributed by atoms with E-state index in [1.165, 1.54) is 0 Å². The molecule has 0 bridgehead atoms. The number of aromatic nitrogens is 1. The molecule has 1 unspecified atom stereocenters. The van der Waals surface area contributed by atoms with Gasteiger partial charge >= 0.3 is 0 Å². The van der Waals surface area contributed by atoms with E-state index in [9.17, 15) is 9.90 Å². The molecule has 0 radical (unpaired) electrons. The highest BCUT2D eigenvalue weighted by Gasteiger charge is 2.24. The van der Waals surface area contributed by atoms with Crippen LogP contribution in [-0.4, -0.2) is 40.1 Å². The van der Waals surface area contributed by atoms with Crippen LogP contribution in [0.2, 0.25) is 5.02 Å². The Bertz CT molecular complexity index is 659. The number of likely N-dealkylation sites (tertiary alicyclic amines) is 1. The van der Waals surface area contributed by atoms with Crippen molar-refractivity contribution in [2.45, 2.75) is 18.9 Å². The third-order valence-corrected chi connectivity index (χ3v) is 3.80. The van der Waals surface area contributed by atoms with Gasteiger partial charge in [0.05, 0.1) is 17.2 Å². The number of aliphatic hydroxyl groups excluding tert-OH is 1. The third kappa shape index (κ3) is 2.49. The predicted molar refractivity (Wildman–Crippen MR) is 77.9 cm³/mol. The van der Waals surface area contributed by atoms with Gasteiger partial charge in [-0.1, -0.05) is 17.7 Å². The molecule has 1 aliphatic heterocycles. The van der Waals surface area contributed by atoms with E-state index in [0.29, 0.717) is 29.2 Å². The van der Waals surface area contributed by atoms with E-state index in [2.05, 4.69) is 4.98 Å². The average Bonchev–Trinajstić information content (AvgIpc) is 2.45. The number of benzene rings is 1. The summed E-state index contributed by atoms with van der Waals surface area (Å²) in [5, 5.41) is 11.1. The molecule has 104 valence electrons. The first kappa shape index (κ1) is 13.3. The van der Waals surface area contributed by atoms with Crippen LogP contribution in [0.4, 0.5) is 0 Å². The first-order valence-electron chi connectivity index (χ1n) is 6.67. The van der Waals surface area contributed by atoms with E-state index in [4.69, 9.17) is 11.6 Å². The number of pyridine rings is 1. The molecular formula is C15H15ClN2O2. The Hall–Kier alpha value is -1.65. The van der Waals surface area contributed by atoms with E-state index >= 15 is 0 Å². The Morgan fingerprint density at radius 3 is 3.10 bits per heavy atom. The van der Waals surface area contributed by atoms with Crippen molar-refractivity contribution in [3.63, 3.8) is 0 Å². The zero-order chi connectivity index (χ0) is 14.1. The van der Waals surface area contributed by atoms with Crippen molar-refractivity contribution in [2.24, 2.45) is 0 Å². The van der Waals surface area contributed by atoms with Gasteiger partial charge in [-0.25, -0.2) is 0 Å². The smallest absolute Gasteiger partial charge is 0.256 e. The van der Waals surface area contributed by atoms with Gasteiger partial charge in [0.15, 0.2) is 0 Å². The van der Waals surface area contributed by atoms with Crippen molar-refractivity contribution in [2.75, 3.05) is 13.1 Å². The van der Waals surface area contributed by atoms with Crippen LogP contribution in [0.25, 0.3) is 10.9 Å². The quantitative estimate of drug-likeness (QED) is 0.878. The summed E-state index contributed by atoms with van der Waals surface area (Å²) >= 11 is 6.09. The Kier molecular flexibility index (Phi) is 3.59. The summed E-state index contributed by atoms with van der Waals surface area (Å²) in [7, 11) is 0. The fourth-order valence-electron chi connectivity index (χ4n) is 2.63. The molecule has 0 spiro atoms. The lowest BCUT2D eigenvalue weighted by Crippen LogP contribution is -2.42. The summed E-state index contributed by atoms with van der Waals surface area (Å²) in [5.74, 6) is -0.116. The largest absolute Gasteiger partial charge is 0.391 e. The number of nitrogens with zero attached hydrogens (tertiary/aromatic N) is 2. The van der Waals surface area contributed by atoms with Gasteiger partial charge in [0.1, 0.15) is 0 Å². The minimum Gasteiger partial charge on any atom is -0.391 e. The summed E-state index contributed by atoms with van der Waals surface area (Å²) in [6, 6.07) is 7.15. The average molecular weight is 291 g/mol. The molecule has 1 aromatic heterocycles. The van der Waals surface area contributed by atoms with Crippen molar-refractivity contribution < 1.29 is 9.90 Å². The second kappa shape index (κ2) is 5.38. The van der Waals surface area contributed by atoms with Gasteiger partial charge in [-0.15, -0.1) is 0 Å². The number of carbonyl (C=O) groups is 1. The first-order valence-corrected chi connectivity index (χ1v) is 7.04. The molecule has 1 N–H and O–H groups in total. The molecule has 20 heavy (non-hydrogen) atoms. The number of fused-ring (bicyclic) bond motifs is 1. The van der Waals surface area contributed by atoms with Gasteiger partial charge in [0.25, 0.3) is 5.91 Å². The standard InChI is InChI=1S/C15H15ClN2O2/c16-11-7-10-3-1-5-17-14(10)13(8-11)15(20)18-6-2-4-12(19)9-18/h1,3,5,7-8,12,19H,2,4,6,9H2. The minimum absolute atomic E-state index is 0.116. The SMILES string of the molecule is O=C(c1cc(Cl)cc2cccnc12)N1CCCC(O)C1. The Morgan fingerprint density at radius 1 is 1.45 bits per heavy atom. The van der Waals surface area contributed by atoms with Gasteiger partial charge in [-0.2, -0.15) is 0 Å². The lowest BCUT2D eigenvalue weighted by Gasteiger charge is -2.30. The molecular weight excluding hydrogens is 276 g/mol. The van der Waals surface area contributed by atoms with E-state index < -0.39 is 6.10 Å². The number of β-amino-alcohol motifs (C(OH)–C–C–N with tert-alkyl or cyclic N) is 1. The fourth-order valence-corrected chi connectivity index (χ4v) is 2.85. The molecule has 1 aliphatic rings. The van der Waals surface area contributed by atoms with Crippen LogP contribution in [0.5, 0.6) is 0 Å². The van der Waals surface area contributed by atoms with E-state index in [-0.39, 0.29) is 5.91 Å². The number of aliphatic hydroxyl groups is 1. The van der Waals surface area contributed by atoms with E-state index in [0.717, 1.165) is 18.2 Å². The molecule has 5 heteroatoms. The van der Waals surface area contributed by atoms with Crippen LogP contribution < -0.4 is 0 Å². The van der Waals surface area contributed by atoms with Crippen LogP contribution in [0, 0.1) is 0 Å². The Morgan fingerprint density at radius 2 is 2.30 bits per heavy atom. The highest BCUT2D eigenvalue weighted by atomic mass is 35.5. The predicted octanol–water partition coefficient (Wildman–Crippen LogP) is 2.49. The van der Waals surface area contributed by atoms with Crippen LogP contribution in [0.15, 0.2) is 30.5 Å². The summed E-state index contributed by atoms with van der Waals surface area (Å²) in [5.41, 5.74) is 1.16. The summed E-state index contributed by atoms with van der Waals surface area (Å²) < 4.78 is 0. The Balaban J connectivity index is 2.02. The summed E-state index contributed by atoms with van der Waals surface area (Å²) in [6.07, 6.45) is 2.79. The maximum atomic E-state index is 12.6. The second-order valence-electron chi connectivity index (χ2n) is 5.08. The van der Waals surface area contributed by atoms with Crippen molar-refractivity contribution >= 4 is 28.4 Å². The molecule has 1 aromatic carbocycles. The first-order chi connectivity index (χ1) is 9.65. The molecule has 0 aliphatic carbocycles. The second-order valence-corrected chi connectivity index (χ2v) is 5.51. The molecule has 3 rings (SSSR count). The van der Waals surface area contributed by atoms with Crippen molar-refractivity contribution in [3.8, 4) is 0 Å². The number of halogens is 1. The minimum atomic E-state index is -0.439. The maximum absolute atomic E-state index is 12.6. The molecule has 1 atom stereocenters. The van der Waals surface area contributed by atoms with Crippen molar-refractivity contribution in [3.05, 3.63) is 41.0 Å². The third-order valence-electron chi connectivity index (χ3n) is 3.58. The zero-order valence-corrected chi connectivity index (χ0v) is 11.7. The van der Waals surface area contributed by atoms with Crippen LogP contribution in [0.3, 0.4) is 0 Å². The van der Waals surface area contributed by atoms with Gasteiger partial charge < -0.3 is 10.0 Å². The number of hydrogen-bond donors (Lipinski definition) is 1. The summed E-state index contributed by atoms with van der Waals surface area (Å²) in [4.78, 5) is 18.6. The van der Waals surface area contributed by atoms with Crippen LogP contribution >= 0.6 is 11.6 Å². The van der Waals surface area contributed by atoms with Gasteiger partial charge in [-0.3, -0.25) is 9.78 Å². The molecule has 2 heterocycles. The Labute approximate surface area is 122 Å². The summed E-state index contributed by atoms with van der Waals surface area (Å²) in [6.45, 7) is 1.04. The molecule has 1 saturated heterocycles. The van der Waals surface area contributed by atoms with E-state index in [1.54, 1.807) is 23.2 Å². The lowest BCUT2D eigenvalue weighted by molar-refractivity contribution is 0.0475. The number of carbonyl (C=O) groups excluding carboxylic acids is 1. The molecule has 2 aromatic rings. The zero-order valence-electron chi connectivity index (χ0n) is 10.9. The molecule has 0 saturated carbocycles. The monoisotopic (exact) mass is 290 g/mol. The molecule has 1 fully saturated rings. The van der Waals surface area contributed by atoms with Gasteiger partial charge in [0, 0.05) is 29.7 Å². The topological polar surface area (TPSA) is 53.4 Å². The van der Waals surface area contributed by atoms with Gasteiger partial charge in [0.2, 0.25) is 0 Å². The fraction of sp³-hybridized carbons (Fsp3) is 0.333. The van der Waals surface area contributed by atoms with Crippen molar-refractivity contribution in [1.82, 2.24) is 9.88 Å². The number of piperidine rings is 1. The van der Waals surface area contributed by atoms with Gasteiger partial charge in [-0.05, 0) is 31.0 Å². The highest BCUT2D eigenvalue weighted by molar-refractivity contribution is 6.32. The molecule has 4 nitrogen and oxygen atoms in total. The van der Waals surface area contributed by atoms with Crippen LogP contribution in [0.1, 0.15) is 23.2 Å². The number of amides is 1. The number of rotatable bonds is 1.